The molecule has 1 atom stereocenters. The molecule has 1 aliphatic rings. The molecule has 7 heteroatoms. The Kier molecular flexibility index (Phi) is 6.69. The molecule has 1 fully saturated rings. The number of nitrogens with one attached hydrogen (secondary N) is 1. The van der Waals surface area contributed by atoms with Crippen molar-refractivity contribution in [2.45, 2.75) is 36.4 Å². The maximum atomic E-state index is 12.4. The molecule has 0 aliphatic carbocycles. The second kappa shape index (κ2) is 10.2. The summed E-state index contributed by atoms with van der Waals surface area (Å²) in [4.78, 5) is 21.6. The van der Waals surface area contributed by atoms with E-state index < -0.39 is 0 Å². The fourth-order valence-corrected chi connectivity index (χ4v) is 4.96. The van der Waals surface area contributed by atoms with Crippen molar-refractivity contribution >= 4 is 28.7 Å². The van der Waals surface area contributed by atoms with E-state index in [0.717, 1.165) is 53.5 Å². The molecule has 2 aromatic heterocycles. The fraction of sp³-hybridized carbons (Fsp3) is 0.269. The minimum Gasteiger partial charge on any atom is -0.376 e. The molecule has 33 heavy (non-hydrogen) atoms. The molecule has 6 nitrogen and oxygen atoms in total. The monoisotopic (exact) mass is 458 g/mol. The molecular weight excluding hydrogens is 432 g/mol. The van der Waals surface area contributed by atoms with Crippen molar-refractivity contribution < 1.29 is 9.53 Å². The number of thioether (sulfide) groups is 1. The Morgan fingerprint density at radius 2 is 1.94 bits per heavy atom. The molecule has 0 bridgehead atoms. The van der Waals surface area contributed by atoms with Gasteiger partial charge < -0.3 is 14.6 Å². The SMILES string of the molecule is O=C(NC[C@H]1CCCO1)c1ccc(CSc2nc3ccncc3n2Cc2ccccc2)cc1. The van der Waals surface area contributed by atoms with Crippen LogP contribution in [-0.4, -0.2) is 39.7 Å². The van der Waals surface area contributed by atoms with Crippen LogP contribution in [0, 0.1) is 0 Å². The minimum absolute atomic E-state index is 0.0538. The van der Waals surface area contributed by atoms with E-state index in [1.54, 1.807) is 18.0 Å². The Morgan fingerprint density at radius 3 is 2.73 bits per heavy atom. The molecule has 1 aliphatic heterocycles. The van der Waals surface area contributed by atoms with E-state index in [0.29, 0.717) is 12.1 Å². The highest BCUT2D eigenvalue weighted by Gasteiger charge is 2.17. The van der Waals surface area contributed by atoms with Crippen LogP contribution in [0.25, 0.3) is 11.0 Å². The van der Waals surface area contributed by atoms with Crippen molar-refractivity contribution in [3.8, 4) is 0 Å². The first kappa shape index (κ1) is 21.7. The van der Waals surface area contributed by atoms with E-state index in [9.17, 15) is 4.79 Å². The number of fused-ring (bicyclic) bond motifs is 1. The first-order chi connectivity index (χ1) is 16.3. The summed E-state index contributed by atoms with van der Waals surface area (Å²) in [7, 11) is 0. The van der Waals surface area contributed by atoms with Gasteiger partial charge in [0.2, 0.25) is 0 Å². The number of nitrogens with zero attached hydrogens (tertiary/aromatic N) is 3. The normalized spacial score (nSPS) is 15.7. The Morgan fingerprint density at radius 1 is 1.09 bits per heavy atom. The lowest BCUT2D eigenvalue weighted by atomic mass is 10.1. The summed E-state index contributed by atoms with van der Waals surface area (Å²) in [5.74, 6) is 0.713. The van der Waals surface area contributed by atoms with Crippen LogP contribution in [0.5, 0.6) is 0 Å². The van der Waals surface area contributed by atoms with Gasteiger partial charge in [0.1, 0.15) is 0 Å². The van der Waals surface area contributed by atoms with E-state index in [4.69, 9.17) is 9.72 Å². The van der Waals surface area contributed by atoms with Gasteiger partial charge in [-0.15, -0.1) is 0 Å². The Bertz CT molecular complexity index is 1220. The second-order valence-electron chi connectivity index (χ2n) is 8.16. The van der Waals surface area contributed by atoms with Crippen LogP contribution in [-0.2, 0) is 17.0 Å². The molecule has 5 rings (SSSR count). The first-order valence-corrected chi connectivity index (χ1v) is 12.2. The van der Waals surface area contributed by atoms with Crippen LogP contribution in [0.15, 0.2) is 78.2 Å². The van der Waals surface area contributed by atoms with Crippen LogP contribution in [0.1, 0.15) is 34.3 Å². The number of amides is 1. The topological polar surface area (TPSA) is 69.0 Å². The standard InChI is InChI=1S/C26H26N4O2S/c31-25(28-15-22-7-4-14-32-22)21-10-8-20(9-11-21)18-33-26-29-23-12-13-27-16-24(23)30(26)17-19-5-2-1-3-6-19/h1-3,5-6,8-13,16,22H,4,7,14-15,17-18H2,(H,28,31)/t22-/m1/s1. The van der Waals surface area contributed by atoms with E-state index in [1.165, 1.54) is 5.56 Å². The van der Waals surface area contributed by atoms with Gasteiger partial charge in [-0.2, -0.15) is 0 Å². The lowest BCUT2D eigenvalue weighted by Crippen LogP contribution is -2.31. The Labute approximate surface area is 197 Å². The van der Waals surface area contributed by atoms with E-state index in [2.05, 4.69) is 39.1 Å². The molecule has 0 radical (unpaired) electrons. The zero-order valence-corrected chi connectivity index (χ0v) is 19.1. The summed E-state index contributed by atoms with van der Waals surface area (Å²) < 4.78 is 7.79. The third-order valence-electron chi connectivity index (χ3n) is 5.80. The summed E-state index contributed by atoms with van der Waals surface area (Å²) in [6, 6.07) is 20.1. The summed E-state index contributed by atoms with van der Waals surface area (Å²) in [6.45, 7) is 2.11. The highest BCUT2D eigenvalue weighted by Crippen LogP contribution is 2.27. The zero-order valence-electron chi connectivity index (χ0n) is 18.3. The largest absolute Gasteiger partial charge is 0.376 e. The Balaban J connectivity index is 1.25. The van der Waals surface area contributed by atoms with E-state index in [-0.39, 0.29) is 12.0 Å². The minimum atomic E-state index is -0.0538. The van der Waals surface area contributed by atoms with Gasteiger partial charge in [-0.05, 0) is 42.2 Å². The van der Waals surface area contributed by atoms with Crippen LogP contribution < -0.4 is 5.32 Å². The van der Waals surface area contributed by atoms with Gasteiger partial charge in [0.25, 0.3) is 5.91 Å². The molecule has 2 aromatic carbocycles. The molecule has 0 spiro atoms. The summed E-state index contributed by atoms with van der Waals surface area (Å²) in [5, 5.41) is 3.93. The van der Waals surface area contributed by atoms with Crippen molar-refractivity contribution in [2.24, 2.45) is 0 Å². The van der Waals surface area contributed by atoms with Gasteiger partial charge in [-0.3, -0.25) is 9.78 Å². The molecule has 3 heterocycles. The van der Waals surface area contributed by atoms with E-state index >= 15 is 0 Å². The van der Waals surface area contributed by atoms with E-state index in [1.807, 2.05) is 42.6 Å². The van der Waals surface area contributed by atoms with Gasteiger partial charge in [-0.25, -0.2) is 4.98 Å². The maximum Gasteiger partial charge on any atom is 0.251 e. The number of aromatic nitrogens is 3. The van der Waals surface area contributed by atoms with Gasteiger partial charge in [0, 0.05) is 30.7 Å². The number of hydrogen-bond acceptors (Lipinski definition) is 5. The van der Waals surface area contributed by atoms with Gasteiger partial charge >= 0.3 is 0 Å². The van der Waals surface area contributed by atoms with Gasteiger partial charge in [-0.1, -0.05) is 54.2 Å². The quantitative estimate of drug-likeness (QED) is 0.388. The number of carbonyl (C=O) groups excluding carboxylic acids is 1. The smallest absolute Gasteiger partial charge is 0.251 e. The van der Waals surface area contributed by atoms with Crippen molar-refractivity contribution in [2.75, 3.05) is 13.2 Å². The summed E-state index contributed by atoms with van der Waals surface area (Å²) in [6.07, 6.45) is 5.89. The maximum absolute atomic E-state index is 12.4. The summed E-state index contributed by atoms with van der Waals surface area (Å²) in [5.41, 5.74) is 5.01. The lowest BCUT2D eigenvalue weighted by Gasteiger charge is -2.11. The Hall–Kier alpha value is -3.16. The van der Waals surface area contributed by atoms with Gasteiger partial charge in [0.05, 0.1) is 29.9 Å². The molecule has 4 aromatic rings. The third-order valence-corrected chi connectivity index (χ3v) is 6.84. The molecule has 1 saturated heterocycles. The predicted molar refractivity (Wildman–Crippen MR) is 130 cm³/mol. The molecule has 168 valence electrons. The van der Waals surface area contributed by atoms with Crippen LogP contribution >= 0.6 is 11.8 Å². The lowest BCUT2D eigenvalue weighted by molar-refractivity contribution is 0.0858. The van der Waals surface area contributed by atoms with Crippen molar-refractivity contribution in [1.29, 1.82) is 0 Å². The number of carbonyl (C=O) groups is 1. The molecular formula is C26H26N4O2S. The van der Waals surface area contributed by atoms with Crippen LogP contribution in [0.2, 0.25) is 0 Å². The van der Waals surface area contributed by atoms with Crippen molar-refractivity contribution in [1.82, 2.24) is 19.9 Å². The average Bonchev–Trinajstić information content (AvgIpc) is 3.50. The second-order valence-corrected chi connectivity index (χ2v) is 9.10. The van der Waals surface area contributed by atoms with Crippen molar-refractivity contribution in [3.05, 3.63) is 89.7 Å². The molecule has 1 amide bonds. The van der Waals surface area contributed by atoms with Crippen LogP contribution in [0.3, 0.4) is 0 Å². The number of benzene rings is 2. The highest BCUT2D eigenvalue weighted by atomic mass is 32.2. The third kappa shape index (κ3) is 5.26. The molecule has 0 unspecified atom stereocenters. The average molecular weight is 459 g/mol. The first-order valence-electron chi connectivity index (χ1n) is 11.2. The number of ether oxygens (including phenoxy) is 1. The molecule has 1 N–H and O–H groups in total. The zero-order chi connectivity index (χ0) is 22.5. The summed E-state index contributed by atoms with van der Waals surface area (Å²) >= 11 is 1.69. The number of rotatable bonds is 8. The number of hydrogen-bond donors (Lipinski definition) is 1. The molecule has 0 saturated carbocycles. The highest BCUT2D eigenvalue weighted by molar-refractivity contribution is 7.98. The predicted octanol–water partition coefficient (Wildman–Crippen LogP) is 4.68. The van der Waals surface area contributed by atoms with Gasteiger partial charge in [0.15, 0.2) is 5.16 Å². The van der Waals surface area contributed by atoms with Crippen LogP contribution in [0.4, 0.5) is 0 Å². The number of pyridine rings is 1. The number of imidazole rings is 1. The fourth-order valence-electron chi connectivity index (χ4n) is 3.99. The van der Waals surface area contributed by atoms with Crippen molar-refractivity contribution in [3.63, 3.8) is 0 Å².